The molecule has 0 spiro atoms. The molecule has 0 aliphatic heterocycles. The first-order chi connectivity index (χ1) is 19.7. The summed E-state index contributed by atoms with van der Waals surface area (Å²) in [6.45, 7) is 4.58. The third kappa shape index (κ3) is 20.7. The van der Waals surface area contributed by atoms with Gasteiger partial charge in [0.05, 0.1) is 0 Å². The summed E-state index contributed by atoms with van der Waals surface area (Å²) in [5.74, 6) is 0.183. The van der Waals surface area contributed by atoms with Crippen LogP contribution in [0.2, 0.25) is 0 Å². The van der Waals surface area contributed by atoms with Gasteiger partial charge in [-0.1, -0.05) is 187 Å². The molecule has 0 fully saturated rings. The van der Waals surface area contributed by atoms with Gasteiger partial charge in [-0.25, -0.2) is 0 Å². The first-order valence-corrected chi connectivity index (χ1v) is 18.2. The standard InChI is InChI=1S/C38H70O2/c1-3-5-7-9-11-13-15-17-19-21-23-25-27-29-31-35-33-34-37(39)38(40)36(35)32-30-28-26-24-22-20-18-16-14-12-10-8-6-4-2/h33-34,39-40H,3-32H2,1-2H3. The van der Waals surface area contributed by atoms with Gasteiger partial charge >= 0.3 is 0 Å². The van der Waals surface area contributed by atoms with Crippen molar-refractivity contribution < 1.29 is 10.2 Å². The van der Waals surface area contributed by atoms with Gasteiger partial charge in [0.1, 0.15) is 0 Å². The summed E-state index contributed by atoms with van der Waals surface area (Å²) in [4.78, 5) is 0. The van der Waals surface area contributed by atoms with Crippen molar-refractivity contribution in [3.63, 3.8) is 0 Å². The van der Waals surface area contributed by atoms with Gasteiger partial charge in [-0.3, -0.25) is 0 Å². The number of hydrogen-bond donors (Lipinski definition) is 2. The maximum Gasteiger partial charge on any atom is 0.160 e. The van der Waals surface area contributed by atoms with E-state index in [2.05, 4.69) is 19.9 Å². The summed E-state index contributed by atoms with van der Waals surface area (Å²) in [6, 6.07) is 3.74. The van der Waals surface area contributed by atoms with Crippen molar-refractivity contribution in [3.05, 3.63) is 23.3 Å². The molecule has 1 rings (SSSR count). The van der Waals surface area contributed by atoms with Gasteiger partial charge in [0.25, 0.3) is 0 Å². The van der Waals surface area contributed by atoms with Crippen LogP contribution in [-0.4, -0.2) is 10.2 Å². The summed E-state index contributed by atoms with van der Waals surface area (Å²) in [5, 5.41) is 20.6. The number of hydrogen-bond acceptors (Lipinski definition) is 2. The van der Waals surface area contributed by atoms with Gasteiger partial charge in [0.15, 0.2) is 11.5 Å². The molecular formula is C38H70O2. The summed E-state index contributed by atoms with van der Waals surface area (Å²) < 4.78 is 0. The van der Waals surface area contributed by atoms with Gasteiger partial charge in [0.2, 0.25) is 0 Å². The predicted molar refractivity (Wildman–Crippen MR) is 178 cm³/mol. The Labute approximate surface area is 251 Å². The van der Waals surface area contributed by atoms with Crippen molar-refractivity contribution in [3.8, 4) is 11.5 Å². The highest BCUT2D eigenvalue weighted by atomic mass is 16.3. The van der Waals surface area contributed by atoms with E-state index in [-0.39, 0.29) is 11.5 Å². The molecule has 0 unspecified atom stereocenters. The normalized spacial score (nSPS) is 11.4. The number of phenolic OH excluding ortho intramolecular Hbond substituents is 2. The third-order valence-corrected chi connectivity index (χ3v) is 8.94. The monoisotopic (exact) mass is 559 g/mol. The van der Waals surface area contributed by atoms with E-state index in [9.17, 15) is 10.2 Å². The molecule has 2 N–H and O–H groups in total. The van der Waals surface area contributed by atoms with Crippen LogP contribution in [0.3, 0.4) is 0 Å². The van der Waals surface area contributed by atoms with Crippen molar-refractivity contribution in [1.29, 1.82) is 0 Å². The zero-order chi connectivity index (χ0) is 28.9. The van der Waals surface area contributed by atoms with Crippen LogP contribution in [0.4, 0.5) is 0 Å². The molecule has 1 aromatic carbocycles. The van der Waals surface area contributed by atoms with Crippen LogP contribution in [0.5, 0.6) is 11.5 Å². The fourth-order valence-corrected chi connectivity index (χ4v) is 6.19. The quantitative estimate of drug-likeness (QED) is 0.0728. The van der Waals surface area contributed by atoms with Crippen LogP contribution in [0.15, 0.2) is 12.1 Å². The van der Waals surface area contributed by atoms with E-state index >= 15 is 0 Å². The molecule has 0 saturated heterocycles. The lowest BCUT2D eigenvalue weighted by Crippen LogP contribution is -1.97. The third-order valence-electron chi connectivity index (χ3n) is 8.94. The van der Waals surface area contributed by atoms with Gasteiger partial charge in [-0.2, -0.15) is 0 Å². The van der Waals surface area contributed by atoms with Gasteiger partial charge < -0.3 is 10.2 Å². The van der Waals surface area contributed by atoms with Crippen molar-refractivity contribution in [2.45, 2.75) is 206 Å². The van der Waals surface area contributed by atoms with Gasteiger partial charge in [0, 0.05) is 5.56 Å². The minimum absolute atomic E-state index is 0.0464. The molecule has 40 heavy (non-hydrogen) atoms. The molecule has 0 aromatic heterocycles. The first-order valence-electron chi connectivity index (χ1n) is 18.2. The smallest absolute Gasteiger partial charge is 0.160 e. The number of aryl methyl sites for hydroxylation is 1. The second kappa shape index (κ2) is 28.0. The molecule has 0 bridgehead atoms. The fraction of sp³-hybridized carbons (Fsp3) is 0.842. The maximum absolute atomic E-state index is 10.5. The summed E-state index contributed by atoms with van der Waals surface area (Å²) in [6.07, 6.45) is 40.3. The maximum atomic E-state index is 10.5. The van der Waals surface area contributed by atoms with Crippen LogP contribution in [0.1, 0.15) is 205 Å². The lowest BCUT2D eigenvalue weighted by molar-refractivity contribution is 0.397. The zero-order valence-electron chi connectivity index (χ0n) is 27.3. The average molecular weight is 559 g/mol. The summed E-state index contributed by atoms with van der Waals surface area (Å²) in [7, 11) is 0. The zero-order valence-corrected chi connectivity index (χ0v) is 27.3. The SMILES string of the molecule is CCCCCCCCCCCCCCCCc1ccc(O)c(O)c1CCCCCCCCCCCCCCCC. The molecule has 2 nitrogen and oxygen atoms in total. The van der Waals surface area contributed by atoms with E-state index in [1.807, 2.05) is 0 Å². The highest BCUT2D eigenvalue weighted by Crippen LogP contribution is 2.33. The summed E-state index contributed by atoms with van der Waals surface area (Å²) in [5.41, 5.74) is 2.26. The lowest BCUT2D eigenvalue weighted by atomic mass is 9.95. The Morgan fingerprint density at radius 1 is 0.375 bits per heavy atom. The molecule has 0 aliphatic rings. The van der Waals surface area contributed by atoms with Crippen LogP contribution < -0.4 is 0 Å². The molecule has 0 saturated carbocycles. The molecule has 0 atom stereocenters. The Morgan fingerprint density at radius 2 is 0.675 bits per heavy atom. The molecule has 0 radical (unpaired) electrons. The lowest BCUT2D eigenvalue weighted by Gasteiger charge is -2.13. The molecule has 0 aliphatic carbocycles. The molecule has 0 heterocycles. The van der Waals surface area contributed by atoms with Crippen LogP contribution in [0, 0.1) is 0 Å². The molecule has 0 amide bonds. The van der Waals surface area contributed by atoms with E-state index in [0.717, 1.165) is 24.8 Å². The van der Waals surface area contributed by atoms with Gasteiger partial charge in [-0.05, 0) is 37.3 Å². The number of rotatable bonds is 30. The fourth-order valence-electron chi connectivity index (χ4n) is 6.19. The predicted octanol–water partition coefficient (Wildman–Crippen LogP) is 13.1. The summed E-state index contributed by atoms with van der Waals surface area (Å²) >= 11 is 0. The number of benzene rings is 1. The highest BCUT2D eigenvalue weighted by molar-refractivity contribution is 5.49. The molecule has 234 valence electrons. The first kappa shape index (κ1) is 36.8. The Balaban J connectivity index is 2.06. The van der Waals surface area contributed by atoms with E-state index in [0.29, 0.717) is 0 Å². The van der Waals surface area contributed by atoms with E-state index in [1.165, 1.54) is 179 Å². The largest absolute Gasteiger partial charge is 0.504 e. The van der Waals surface area contributed by atoms with Crippen LogP contribution in [0.25, 0.3) is 0 Å². The second-order valence-corrected chi connectivity index (χ2v) is 12.8. The van der Waals surface area contributed by atoms with E-state index in [1.54, 1.807) is 6.07 Å². The minimum Gasteiger partial charge on any atom is -0.504 e. The average Bonchev–Trinajstić information content (AvgIpc) is 2.96. The number of unbranched alkanes of at least 4 members (excludes halogenated alkanes) is 26. The van der Waals surface area contributed by atoms with E-state index in [4.69, 9.17) is 0 Å². The molecule has 1 aromatic rings. The van der Waals surface area contributed by atoms with Crippen molar-refractivity contribution in [2.24, 2.45) is 0 Å². The van der Waals surface area contributed by atoms with Crippen molar-refractivity contribution in [2.75, 3.05) is 0 Å². The Morgan fingerprint density at radius 3 is 1.02 bits per heavy atom. The van der Waals surface area contributed by atoms with Crippen molar-refractivity contribution >= 4 is 0 Å². The molecular weight excluding hydrogens is 488 g/mol. The Kier molecular flexibility index (Phi) is 25.8. The van der Waals surface area contributed by atoms with Crippen LogP contribution in [-0.2, 0) is 12.8 Å². The Bertz CT molecular complexity index is 668. The highest BCUT2D eigenvalue weighted by Gasteiger charge is 2.12. The number of aromatic hydroxyl groups is 2. The topological polar surface area (TPSA) is 40.5 Å². The Hall–Kier alpha value is -1.18. The van der Waals surface area contributed by atoms with Crippen LogP contribution >= 0.6 is 0 Å². The van der Waals surface area contributed by atoms with Gasteiger partial charge in [-0.15, -0.1) is 0 Å². The number of phenols is 2. The minimum atomic E-state index is 0.0464. The second-order valence-electron chi connectivity index (χ2n) is 12.8. The molecule has 2 heteroatoms. The van der Waals surface area contributed by atoms with Crippen molar-refractivity contribution in [1.82, 2.24) is 0 Å². The van der Waals surface area contributed by atoms with E-state index < -0.39 is 0 Å².